The van der Waals surface area contributed by atoms with Crippen LogP contribution in [0.3, 0.4) is 0 Å². The Morgan fingerprint density at radius 3 is 1.88 bits per heavy atom. The van der Waals surface area contributed by atoms with E-state index in [2.05, 4.69) is 106 Å². The molecule has 0 aliphatic heterocycles. The van der Waals surface area contributed by atoms with Crippen LogP contribution < -0.4 is 0 Å². The van der Waals surface area contributed by atoms with Crippen molar-refractivity contribution in [3.05, 3.63) is 132 Å². The van der Waals surface area contributed by atoms with Crippen LogP contribution in [0.5, 0.6) is 0 Å². The molecular formula is C38H19N3S2. The summed E-state index contributed by atoms with van der Waals surface area (Å²) in [6.45, 7) is 7.50. The lowest BCUT2D eigenvalue weighted by Crippen LogP contribution is -2.00. The number of nitriles is 1. The number of aromatic nitrogens is 1. The van der Waals surface area contributed by atoms with Gasteiger partial charge in [-0.3, -0.25) is 0 Å². The first-order valence-electron chi connectivity index (χ1n) is 13.9. The van der Waals surface area contributed by atoms with E-state index in [-0.39, 0.29) is 0 Å². The van der Waals surface area contributed by atoms with Crippen LogP contribution in [0.4, 0.5) is 5.69 Å². The number of hydrogen-bond acceptors (Lipinski definition) is 3. The molecule has 0 fully saturated rings. The zero-order valence-electron chi connectivity index (χ0n) is 22.6. The molecule has 0 spiro atoms. The van der Waals surface area contributed by atoms with E-state index >= 15 is 0 Å². The molecule has 0 bridgehead atoms. The van der Waals surface area contributed by atoms with Gasteiger partial charge in [-0.25, -0.2) is 4.85 Å². The summed E-state index contributed by atoms with van der Waals surface area (Å²) in [5.74, 6) is 0. The first-order chi connectivity index (χ1) is 21.2. The third-order valence-electron chi connectivity index (χ3n) is 8.44. The molecule has 9 aromatic rings. The minimum absolute atomic E-state index is 0.640. The van der Waals surface area contributed by atoms with Gasteiger partial charge in [0.05, 0.1) is 28.9 Å². The van der Waals surface area contributed by atoms with Gasteiger partial charge in [-0.1, -0.05) is 66.7 Å². The van der Waals surface area contributed by atoms with Crippen LogP contribution in [0.15, 0.2) is 115 Å². The summed E-state index contributed by atoms with van der Waals surface area (Å²) in [6.07, 6.45) is 0. The number of hydrogen-bond donors (Lipinski definition) is 0. The molecule has 0 atom stereocenters. The molecule has 0 amide bonds. The van der Waals surface area contributed by atoms with Gasteiger partial charge >= 0.3 is 0 Å². The molecular weight excluding hydrogens is 563 g/mol. The highest BCUT2D eigenvalue weighted by atomic mass is 32.1. The number of thiophene rings is 2. The molecule has 0 unspecified atom stereocenters. The van der Waals surface area contributed by atoms with Crippen LogP contribution >= 0.6 is 22.7 Å². The number of para-hydroxylation sites is 3. The van der Waals surface area contributed by atoms with Crippen molar-refractivity contribution in [2.75, 3.05) is 0 Å². The van der Waals surface area contributed by atoms with Gasteiger partial charge in [0.1, 0.15) is 6.07 Å². The smallest absolute Gasteiger partial charge is 0.187 e. The Kier molecular flexibility index (Phi) is 5.07. The van der Waals surface area contributed by atoms with Gasteiger partial charge in [0.2, 0.25) is 0 Å². The van der Waals surface area contributed by atoms with Crippen molar-refractivity contribution in [1.82, 2.24) is 4.57 Å². The van der Waals surface area contributed by atoms with Gasteiger partial charge < -0.3 is 4.57 Å². The Morgan fingerprint density at radius 2 is 1.21 bits per heavy atom. The van der Waals surface area contributed by atoms with Gasteiger partial charge in [0.25, 0.3) is 0 Å². The minimum Gasteiger partial charge on any atom is -0.307 e. The van der Waals surface area contributed by atoms with Crippen LogP contribution in [0.2, 0.25) is 0 Å². The average Bonchev–Trinajstić information content (AvgIpc) is 3.71. The summed E-state index contributed by atoms with van der Waals surface area (Å²) in [5, 5.41) is 17.4. The molecule has 0 aliphatic carbocycles. The molecule has 9 rings (SSSR count). The van der Waals surface area contributed by atoms with Crippen molar-refractivity contribution >= 4 is 90.5 Å². The van der Waals surface area contributed by atoms with Crippen molar-refractivity contribution in [2.24, 2.45) is 0 Å². The maximum Gasteiger partial charge on any atom is 0.187 e. The SMILES string of the molecule is [C-]#[N+]c1ccc2sc3cc4sc5ccc(-c6cccc(C#N)c6-n6c7ccccc7c7ccccc76)cc5c4cc3c2c1. The zero-order chi connectivity index (χ0) is 28.7. The maximum absolute atomic E-state index is 10.3. The van der Waals surface area contributed by atoms with Crippen molar-refractivity contribution in [3.8, 4) is 22.9 Å². The highest BCUT2D eigenvalue weighted by molar-refractivity contribution is 7.28. The second kappa shape index (κ2) is 9.02. The Balaban J connectivity index is 1.33. The molecule has 3 aromatic heterocycles. The molecule has 0 aliphatic rings. The lowest BCUT2D eigenvalue weighted by atomic mass is 9.98. The maximum atomic E-state index is 10.3. The Bertz CT molecular complexity index is 2650. The molecule has 3 nitrogen and oxygen atoms in total. The molecule has 5 heteroatoms. The molecule has 0 N–H and O–H groups in total. The van der Waals surface area contributed by atoms with Crippen LogP contribution in [0.1, 0.15) is 5.56 Å². The van der Waals surface area contributed by atoms with E-state index in [1.165, 1.54) is 45.7 Å². The summed E-state index contributed by atoms with van der Waals surface area (Å²) >= 11 is 3.59. The van der Waals surface area contributed by atoms with E-state index in [0.29, 0.717) is 11.3 Å². The van der Waals surface area contributed by atoms with Crippen LogP contribution in [-0.4, -0.2) is 4.57 Å². The predicted molar refractivity (Wildman–Crippen MR) is 183 cm³/mol. The van der Waals surface area contributed by atoms with Crippen molar-refractivity contribution in [3.63, 3.8) is 0 Å². The number of rotatable bonds is 2. The van der Waals surface area contributed by atoms with Gasteiger partial charge in [0.15, 0.2) is 5.69 Å². The van der Waals surface area contributed by atoms with Crippen molar-refractivity contribution < 1.29 is 0 Å². The van der Waals surface area contributed by atoms with Crippen LogP contribution in [0.25, 0.3) is 83.8 Å². The molecule has 3 heterocycles. The first-order valence-corrected chi connectivity index (χ1v) is 15.6. The summed E-state index contributed by atoms with van der Waals surface area (Å²) in [6, 6.07) is 42.6. The van der Waals surface area contributed by atoms with E-state index in [9.17, 15) is 5.26 Å². The lowest BCUT2D eigenvalue weighted by Gasteiger charge is -2.16. The van der Waals surface area contributed by atoms with Gasteiger partial charge in [-0.15, -0.1) is 22.7 Å². The Hall–Kier alpha value is -5.46. The Morgan fingerprint density at radius 1 is 0.581 bits per heavy atom. The summed E-state index contributed by atoms with van der Waals surface area (Å²) in [4.78, 5) is 3.67. The minimum atomic E-state index is 0.640. The average molecular weight is 582 g/mol. The predicted octanol–water partition coefficient (Wildman–Crippen LogP) is 11.6. The molecule has 0 saturated heterocycles. The topological polar surface area (TPSA) is 33.1 Å². The number of fused-ring (bicyclic) bond motifs is 9. The van der Waals surface area contributed by atoms with E-state index in [1.54, 1.807) is 11.3 Å². The third kappa shape index (κ3) is 3.44. The quantitative estimate of drug-likeness (QED) is 0.187. The highest BCUT2D eigenvalue weighted by Gasteiger charge is 2.19. The van der Waals surface area contributed by atoms with Crippen molar-refractivity contribution in [1.29, 1.82) is 5.26 Å². The highest BCUT2D eigenvalue weighted by Crippen LogP contribution is 2.44. The molecule has 0 saturated carbocycles. The van der Waals surface area contributed by atoms with E-state index in [1.807, 2.05) is 35.6 Å². The number of nitrogens with zero attached hydrogens (tertiary/aromatic N) is 3. The van der Waals surface area contributed by atoms with E-state index in [4.69, 9.17) is 6.57 Å². The molecule has 6 aromatic carbocycles. The monoisotopic (exact) mass is 581 g/mol. The van der Waals surface area contributed by atoms with Gasteiger partial charge in [0, 0.05) is 45.9 Å². The van der Waals surface area contributed by atoms with Crippen LogP contribution in [-0.2, 0) is 0 Å². The largest absolute Gasteiger partial charge is 0.307 e. The fourth-order valence-corrected chi connectivity index (χ4v) is 8.83. The Labute approximate surface area is 254 Å². The van der Waals surface area contributed by atoms with E-state index in [0.717, 1.165) is 33.2 Å². The molecule has 198 valence electrons. The zero-order valence-corrected chi connectivity index (χ0v) is 24.3. The normalized spacial score (nSPS) is 11.7. The fraction of sp³-hybridized carbons (Fsp3) is 0. The standard InChI is InChI=1S/C38H19N3S2/c1-40-24-14-16-35-29(18-24)31-19-30-28-17-22(13-15-34(28)42-36(30)20-37(31)43-35)25-10-6-7-23(21-39)38(25)41-32-11-4-2-8-26(32)27-9-3-5-12-33(27)41/h2-20H. The van der Waals surface area contributed by atoms with Crippen LogP contribution in [0, 0.1) is 17.9 Å². The summed E-state index contributed by atoms with van der Waals surface area (Å²) in [5.41, 5.74) is 6.47. The third-order valence-corrected chi connectivity index (χ3v) is 10.7. The first kappa shape index (κ1) is 24.2. The lowest BCUT2D eigenvalue weighted by molar-refractivity contribution is 1.17. The van der Waals surface area contributed by atoms with Gasteiger partial charge in [-0.05, 0) is 64.9 Å². The summed E-state index contributed by atoms with van der Waals surface area (Å²) in [7, 11) is 0. The second-order valence-corrected chi connectivity index (χ2v) is 12.9. The molecule has 0 radical (unpaired) electrons. The van der Waals surface area contributed by atoms with E-state index < -0.39 is 0 Å². The van der Waals surface area contributed by atoms with Gasteiger partial charge in [-0.2, -0.15) is 5.26 Å². The molecule has 43 heavy (non-hydrogen) atoms. The second-order valence-electron chi connectivity index (χ2n) is 10.7. The van der Waals surface area contributed by atoms with Crippen molar-refractivity contribution in [2.45, 2.75) is 0 Å². The summed E-state index contributed by atoms with van der Waals surface area (Å²) < 4.78 is 7.19. The fourth-order valence-electron chi connectivity index (χ4n) is 6.54. The number of benzene rings is 6.